The third-order valence-corrected chi connectivity index (χ3v) is 9.30. The molecule has 4 aliphatic carbocycles. The van der Waals surface area contributed by atoms with Crippen molar-refractivity contribution in [3.05, 3.63) is 35.5 Å². The second-order valence-corrected chi connectivity index (χ2v) is 10.3. The Kier molecular flexibility index (Phi) is 3.63. The van der Waals surface area contributed by atoms with Crippen molar-refractivity contribution < 1.29 is 23.7 Å². The lowest BCUT2D eigenvalue weighted by atomic mass is 9.51. The van der Waals surface area contributed by atoms with Crippen molar-refractivity contribution >= 4 is 5.78 Å². The average molecular weight is 398 g/mol. The molecule has 5 nitrogen and oxygen atoms in total. The highest BCUT2D eigenvalue weighted by Gasteiger charge is 2.77. The molecule has 0 aromatic rings. The first-order valence-corrected chi connectivity index (χ1v) is 11.0. The summed E-state index contributed by atoms with van der Waals surface area (Å²) >= 11 is 0. The molecule has 156 valence electrons. The van der Waals surface area contributed by atoms with Crippen LogP contribution in [0.15, 0.2) is 35.5 Å². The molecule has 5 heteroatoms. The van der Waals surface area contributed by atoms with Crippen LogP contribution in [0.4, 0.5) is 0 Å². The SMILES string of the molecule is C[C@@H]1C[C@H]2[C@@H]3CCC4=CC(=O)C=C[C@]4(C)C3=CC[C@]2(C)[C@]12OCOC21COCO1. The minimum absolute atomic E-state index is 0.0729. The summed E-state index contributed by atoms with van der Waals surface area (Å²) in [4.78, 5) is 12.0. The lowest BCUT2D eigenvalue weighted by Gasteiger charge is -2.56. The van der Waals surface area contributed by atoms with E-state index in [2.05, 4.69) is 32.9 Å². The Labute approximate surface area is 172 Å². The fourth-order valence-electron chi connectivity index (χ4n) is 8.06. The van der Waals surface area contributed by atoms with Crippen LogP contribution in [-0.2, 0) is 23.7 Å². The highest BCUT2D eigenvalue weighted by molar-refractivity contribution is 6.01. The molecule has 0 N–H and O–H groups in total. The van der Waals surface area contributed by atoms with E-state index in [4.69, 9.17) is 18.9 Å². The van der Waals surface area contributed by atoms with Crippen LogP contribution < -0.4 is 0 Å². The summed E-state index contributed by atoms with van der Waals surface area (Å²) in [5.41, 5.74) is 2.10. The van der Waals surface area contributed by atoms with Crippen LogP contribution in [-0.4, -0.2) is 37.4 Å². The summed E-state index contributed by atoms with van der Waals surface area (Å²) < 4.78 is 24.4. The molecule has 29 heavy (non-hydrogen) atoms. The van der Waals surface area contributed by atoms with Gasteiger partial charge in [0.15, 0.2) is 19.4 Å². The summed E-state index contributed by atoms with van der Waals surface area (Å²) in [5.74, 6) is 0.663. The zero-order valence-corrected chi connectivity index (χ0v) is 17.5. The smallest absolute Gasteiger partial charge is 0.227 e. The molecule has 4 fully saturated rings. The topological polar surface area (TPSA) is 54.0 Å². The van der Waals surface area contributed by atoms with Gasteiger partial charge in [-0.1, -0.05) is 37.1 Å². The molecule has 0 bridgehead atoms. The van der Waals surface area contributed by atoms with Gasteiger partial charge in [0.05, 0.1) is 0 Å². The van der Waals surface area contributed by atoms with E-state index in [1.165, 1.54) is 11.1 Å². The van der Waals surface area contributed by atoms with Gasteiger partial charge in [-0.2, -0.15) is 0 Å². The van der Waals surface area contributed by atoms with Crippen LogP contribution in [0.1, 0.15) is 46.5 Å². The van der Waals surface area contributed by atoms with Gasteiger partial charge in [0, 0.05) is 10.8 Å². The molecule has 2 spiro atoms. The number of hydrogen-bond donors (Lipinski definition) is 0. The van der Waals surface area contributed by atoms with Crippen molar-refractivity contribution in [1.82, 2.24) is 0 Å². The number of carbonyl (C=O) groups is 1. The Morgan fingerprint density at radius 2 is 1.97 bits per heavy atom. The minimum atomic E-state index is -0.790. The number of ketones is 1. The quantitative estimate of drug-likeness (QED) is 0.579. The number of fused-ring (bicyclic) bond motifs is 7. The largest absolute Gasteiger partial charge is 0.350 e. The van der Waals surface area contributed by atoms with E-state index in [1.807, 2.05) is 6.08 Å². The van der Waals surface area contributed by atoms with Crippen LogP contribution in [0.25, 0.3) is 0 Å². The Morgan fingerprint density at radius 3 is 2.76 bits per heavy atom. The fraction of sp³-hybridized carbons (Fsp3) is 0.708. The number of hydrogen-bond acceptors (Lipinski definition) is 5. The molecule has 0 aromatic carbocycles. The molecule has 7 atom stereocenters. The van der Waals surface area contributed by atoms with Crippen molar-refractivity contribution in [2.45, 2.75) is 57.8 Å². The molecule has 2 heterocycles. The van der Waals surface area contributed by atoms with Crippen molar-refractivity contribution in [2.24, 2.45) is 28.6 Å². The maximum atomic E-state index is 12.0. The maximum Gasteiger partial charge on any atom is 0.227 e. The van der Waals surface area contributed by atoms with Crippen LogP contribution >= 0.6 is 0 Å². The van der Waals surface area contributed by atoms with E-state index in [0.29, 0.717) is 24.4 Å². The maximum absolute atomic E-state index is 12.0. The van der Waals surface area contributed by atoms with Crippen LogP contribution in [0.3, 0.4) is 0 Å². The summed E-state index contributed by atoms with van der Waals surface area (Å²) in [6.07, 6.45) is 12.4. The van der Waals surface area contributed by atoms with Crippen molar-refractivity contribution in [3.8, 4) is 0 Å². The van der Waals surface area contributed by atoms with Gasteiger partial charge in [0.25, 0.3) is 0 Å². The number of ether oxygens (including phenoxy) is 4. The third-order valence-electron chi connectivity index (χ3n) is 9.30. The van der Waals surface area contributed by atoms with E-state index in [0.717, 1.165) is 25.7 Å². The lowest BCUT2D eigenvalue weighted by Crippen LogP contribution is -2.64. The number of rotatable bonds is 0. The van der Waals surface area contributed by atoms with Crippen LogP contribution in [0.5, 0.6) is 0 Å². The molecular weight excluding hydrogens is 368 g/mol. The first kappa shape index (κ1) is 18.5. The minimum Gasteiger partial charge on any atom is -0.350 e. The average Bonchev–Trinajstić information content (AvgIpc) is 3.38. The van der Waals surface area contributed by atoms with Gasteiger partial charge >= 0.3 is 0 Å². The van der Waals surface area contributed by atoms with Crippen LogP contribution in [0, 0.1) is 28.6 Å². The lowest BCUT2D eigenvalue weighted by molar-refractivity contribution is -0.251. The van der Waals surface area contributed by atoms with Gasteiger partial charge in [-0.3, -0.25) is 4.79 Å². The molecule has 2 saturated heterocycles. The second-order valence-electron chi connectivity index (χ2n) is 10.3. The molecule has 2 aliphatic heterocycles. The molecular formula is C24H30O5. The summed E-state index contributed by atoms with van der Waals surface area (Å²) in [5, 5.41) is 0. The van der Waals surface area contributed by atoms with Gasteiger partial charge in [-0.05, 0) is 62.5 Å². The van der Waals surface area contributed by atoms with Gasteiger partial charge in [0.1, 0.15) is 12.2 Å². The predicted octanol–water partition coefficient (Wildman–Crippen LogP) is 3.90. The Morgan fingerprint density at radius 1 is 1.14 bits per heavy atom. The van der Waals surface area contributed by atoms with Crippen molar-refractivity contribution in [3.63, 3.8) is 0 Å². The predicted molar refractivity (Wildman–Crippen MR) is 106 cm³/mol. The van der Waals surface area contributed by atoms with Crippen molar-refractivity contribution in [2.75, 3.05) is 20.2 Å². The second kappa shape index (κ2) is 5.70. The van der Waals surface area contributed by atoms with Gasteiger partial charge in [-0.25, -0.2) is 0 Å². The highest BCUT2D eigenvalue weighted by atomic mass is 16.9. The van der Waals surface area contributed by atoms with E-state index < -0.39 is 11.4 Å². The molecule has 0 aromatic heterocycles. The highest BCUT2D eigenvalue weighted by Crippen LogP contribution is 2.71. The van der Waals surface area contributed by atoms with E-state index >= 15 is 0 Å². The molecule has 2 saturated carbocycles. The normalized spacial score (nSPS) is 53.1. The van der Waals surface area contributed by atoms with Crippen molar-refractivity contribution in [1.29, 1.82) is 0 Å². The Balaban J connectivity index is 1.46. The third kappa shape index (κ3) is 1.99. The van der Waals surface area contributed by atoms with E-state index in [9.17, 15) is 4.79 Å². The zero-order chi connectivity index (χ0) is 20.1. The van der Waals surface area contributed by atoms with Gasteiger partial charge in [-0.15, -0.1) is 0 Å². The standard InChI is InChI=1S/C24H30O5/c1-15-10-20-18-5-4-16-11-17(25)6-8-21(16,2)19(18)7-9-22(20,3)24(15)23(28-14-29-24)12-26-13-27-23/h6-8,11,15,18,20H,4-5,9-10,12-14H2,1-3H3/t15-,18-,20+,21+,22+,23?,24-/m1/s1. The number of allylic oxidation sites excluding steroid dienone is 6. The van der Waals surface area contributed by atoms with E-state index in [1.54, 1.807) is 6.08 Å². The first-order chi connectivity index (χ1) is 13.9. The Bertz CT molecular complexity index is 859. The summed E-state index contributed by atoms with van der Waals surface area (Å²) in [6, 6.07) is 0. The molecule has 1 unspecified atom stereocenters. The summed E-state index contributed by atoms with van der Waals surface area (Å²) in [6.45, 7) is 7.97. The van der Waals surface area contributed by atoms with Gasteiger partial charge in [0.2, 0.25) is 5.79 Å². The first-order valence-electron chi connectivity index (χ1n) is 11.0. The molecule has 6 rings (SSSR count). The zero-order valence-electron chi connectivity index (χ0n) is 17.5. The summed E-state index contributed by atoms with van der Waals surface area (Å²) in [7, 11) is 0. The Hall–Kier alpha value is -1.27. The van der Waals surface area contributed by atoms with Crippen LogP contribution in [0.2, 0.25) is 0 Å². The molecule has 0 radical (unpaired) electrons. The monoisotopic (exact) mass is 398 g/mol. The fourth-order valence-corrected chi connectivity index (χ4v) is 8.06. The van der Waals surface area contributed by atoms with Gasteiger partial charge < -0.3 is 18.9 Å². The number of carbonyl (C=O) groups excluding carboxylic acids is 1. The van der Waals surface area contributed by atoms with E-state index in [-0.39, 0.29) is 30.2 Å². The molecule has 0 amide bonds. The molecule has 6 aliphatic rings.